The Morgan fingerprint density at radius 1 is 1.46 bits per heavy atom. The number of hydrogen-bond donors (Lipinski definition) is 1. The molecular formula is C11H17NO. The molecule has 0 spiro atoms. The first-order valence-electron chi connectivity index (χ1n) is 4.74. The second-order valence-corrected chi connectivity index (χ2v) is 3.29. The first kappa shape index (κ1) is 9.90. The fourth-order valence-electron chi connectivity index (χ4n) is 1.29. The number of rotatable bonds is 4. The van der Waals surface area contributed by atoms with Crippen molar-refractivity contribution in [3.8, 4) is 5.75 Å². The molecule has 72 valence electrons. The van der Waals surface area contributed by atoms with E-state index in [-0.39, 0.29) is 6.10 Å². The van der Waals surface area contributed by atoms with Crippen LogP contribution in [0.4, 0.5) is 5.69 Å². The maximum Gasteiger partial charge on any atom is 0.121 e. The largest absolute Gasteiger partial charge is 0.491 e. The Hall–Kier alpha value is -1.18. The van der Waals surface area contributed by atoms with Gasteiger partial charge in [-0.2, -0.15) is 0 Å². The fraction of sp³-hybridized carbons (Fsp3) is 0.455. The molecule has 0 amide bonds. The van der Waals surface area contributed by atoms with Gasteiger partial charge in [0.25, 0.3) is 0 Å². The van der Waals surface area contributed by atoms with Gasteiger partial charge in [0, 0.05) is 11.8 Å². The third kappa shape index (κ3) is 3.36. The van der Waals surface area contributed by atoms with Gasteiger partial charge in [-0.3, -0.25) is 0 Å². The van der Waals surface area contributed by atoms with Gasteiger partial charge in [-0.15, -0.1) is 0 Å². The van der Waals surface area contributed by atoms with Gasteiger partial charge in [-0.25, -0.2) is 0 Å². The van der Waals surface area contributed by atoms with Crippen LogP contribution in [0.2, 0.25) is 0 Å². The molecule has 0 radical (unpaired) electrons. The van der Waals surface area contributed by atoms with Crippen LogP contribution in [-0.4, -0.2) is 6.10 Å². The molecule has 0 heterocycles. The van der Waals surface area contributed by atoms with E-state index in [1.165, 1.54) is 0 Å². The molecule has 0 aliphatic rings. The second-order valence-electron chi connectivity index (χ2n) is 3.29. The molecule has 1 aromatic carbocycles. The lowest BCUT2D eigenvalue weighted by molar-refractivity contribution is 0.210. The van der Waals surface area contributed by atoms with Crippen LogP contribution in [0.15, 0.2) is 24.3 Å². The normalized spacial score (nSPS) is 12.5. The summed E-state index contributed by atoms with van der Waals surface area (Å²) >= 11 is 0. The highest BCUT2D eigenvalue weighted by molar-refractivity contribution is 5.43. The Morgan fingerprint density at radius 3 is 2.85 bits per heavy atom. The summed E-state index contributed by atoms with van der Waals surface area (Å²) < 4.78 is 5.66. The van der Waals surface area contributed by atoms with Crippen molar-refractivity contribution in [3.05, 3.63) is 24.3 Å². The highest BCUT2D eigenvalue weighted by atomic mass is 16.5. The predicted molar refractivity (Wildman–Crippen MR) is 55.9 cm³/mol. The minimum atomic E-state index is 0.270. The molecule has 0 aliphatic carbocycles. The zero-order chi connectivity index (χ0) is 9.68. The topological polar surface area (TPSA) is 35.2 Å². The van der Waals surface area contributed by atoms with E-state index in [0.29, 0.717) is 0 Å². The lowest BCUT2D eigenvalue weighted by atomic mass is 10.2. The summed E-state index contributed by atoms with van der Waals surface area (Å²) in [5.41, 5.74) is 6.38. The van der Waals surface area contributed by atoms with Crippen molar-refractivity contribution in [1.29, 1.82) is 0 Å². The number of hydrogen-bond acceptors (Lipinski definition) is 2. The Balaban J connectivity index is 2.53. The summed E-state index contributed by atoms with van der Waals surface area (Å²) in [6.07, 6.45) is 2.49. The highest BCUT2D eigenvalue weighted by Crippen LogP contribution is 2.17. The maximum atomic E-state index is 5.66. The van der Waals surface area contributed by atoms with Crippen molar-refractivity contribution in [1.82, 2.24) is 0 Å². The molecule has 13 heavy (non-hydrogen) atoms. The van der Waals surface area contributed by atoms with Crippen molar-refractivity contribution < 1.29 is 4.74 Å². The van der Waals surface area contributed by atoms with Crippen LogP contribution in [0.1, 0.15) is 26.7 Å². The van der Waals surface area contributed by atoms with Gasteiger partial charge < -0.3 is 10.5 Å². The van der Waals surface area contributed by atoms with Crippen LogP contribution >= 0.6 is 0 Å². The highest BCUT2D eigenvalue weighted by Gasteiger charge is 2.01. The van der Waals surface area contributed by atoms with E-state index in [9.17, 15) is 0 Å². The zero-order valence-corrected chi connectivity index (χ0v) is 8.29. The third-order valence-electron chi connectivity index (χ3n) is 1.89. The quantitative estimate of drug-likeness (QED) is 0.721. The number of anilines is 1. The lowest BCUT2D eigenvalue weighted by Crippen LogP contribution is -2.10. The van der Waals surface area contributed by atoms with Crippen LogP contribution in [0, 0.1) is 0 Å². The molecule has 1 unspecified atom stereocenters. The summed E-state index contributed by atoms with van der Waals surface area (Å²) in [5, 5.41) is 0. The monoisotopic (exact) mass is 179 g/mol. The van der Waals surface area contributed by atoms with Crippen LogP contribution in [0.3, 0.4) is 0 Å². The van der Waals surface area contributed by atoms with Crippen LogP contribution in [-0.2, 0) is 0 Å². The van der Waals surface area contributed by atoms with Crippen LogP contribution < -0.4 is 10.5 Å². The number of nitrogens with two attached hydrogens (primary N) is 1. The van der Waals surface area contributed by atoms with Crippen molar-refractivity contribution in [2.24, 2.45) is 0 Å². The first-order valence-corrected chi connectivity index (χ1v) is 4.74. The summed E-state index contributed by atoms with van der Waals surface area (Å²) in [6, 6.07) is 7.55. The molecule has 1 aromatic rings. The van der Waals surface area contributed by atoms with E-state index in [4.69, 9.17) is 10.5 Å². The molecule has 0 aliphatic heterocycles. The molecule has 0 aromatic heterocycles. The van der Waals surface area contributed by atoms with Crippen molar-refractivity contribution in [3.63, 3.8) is 0 Å². The molecule has 0 saturated carbocycles. The summed E-state index contributed by atoms with van der Waals surface area (Å²) in [6.45, 7) is 4.23. The van der Waals surface area contributed by atoms with Crippen LogP contribution in [0.5, 0.6) is 5.75 Å². The van der Waals surface area contributed by atoms with E-state index in [2.05, 4.69) is 13.8 Å². The van der Waals surface area contributed by atoms with Crippen molar-refractivity contribution >= 4 is 5.69 Å². The SMILES string of the molecule is CCCC(C)Oc1cccc(N)c1. The average molecular weight is 179 g/mol. The van der Waals surface area contributed by atoms with E-state index in [0.717, 1.165) is 24.3 Å². The second kappa shape index (κ2) is 4.75. The molecular weight excluding hydrogens is 162 g/mol. The fourth-order valence-corrected chi connectivity index (χ4v) is 1.29. The van der Waals surface area contributed by atoms with Crippen molar-refractivity contribution in [2.75, 3.05) is 5.73 Å². The number of benzene rings is 1. The van der Waals surface area contributed by atoms with Gasteiger partial charge in [0.15, 0.2) is 0 Å². The summed E-state index contributed by atoms with van der Waals surface area (Å²) in [4.78, 5) is 0. The average Bonchev–Trinajstić information content (AvgIpc) is 2.04. The minimum Gasteiger partial charge on any atom is -0.491 e. The first-order chi connectivity index (χ1) is 6.22. The van der Waals surface area contributed by atoms with E-state index < -0.39 is 0 Å². The van der Waals surface area contributed by atoms with E-state index in [1.807, 2.05) is 24.3 Å². The number of ether oxygens (including phenoxy) is 1. The van der Waals surface area contributed by atoms with Gasteiger partial charge in [-0.1, -0.05) is 19.4 Å². The van der Waals surface area contributed by atoms with Gasteiger partial charge in [-0.05, 0) is 25.5 Å². The van der Waals surface area contributed by atoms with Gasteiger partial charge in [0.1, 0.15) is 5.75 Å². The minimum absolute atomic E-state index is 0.270. The maximum absolute atomic E-state index is 5.66. The molecule has 0 saturated heterocycles. The molecule has 2 N–H and O–H groups in total. The smallest absolute Gasteiger partial charge is 0.121 e. The standard InChI is InChI=1S/C11H17NO/c1-3-5-9(2)13-11-7-4-6-10(12)8-11/h4,6-9H,3,5,12H2,1-2H3. The molecule has 2 nitrogen and oxygen atoms in total. The molecule has 1 rings (SSSR count). The number of nitrogen functional groups attached to an aromatic ring is 1. The van der Waals surface area contributed by atoms with E-state index in [1.54, 1.807) is 0 Å². The predicted octanol–water partition coefficient (Wildman–Crippen LogP) is 2.84. The molecule has 2 heteroatoms. The summed E-state index contributed by atoms with van der Waals surface area (Å²) in [5.74, 6) is 0.862. The zero-order valence-electron chi connectivity index (χ0n) is 8.29. The lowest BCUT2D eigenvalue weighted by Gasteiger charge is -2.13. The Morgan fingerprint density at radius 2 is 2.23 bits per heavy atom. The molecule has 1 atom stereocenters. The Kier molecular flexibility index (Phi) is 3.62. The van der Waals surface area contributed by atoms with Gasteiger partial charge >= 0.3 is 0 Å². The Bertz CT molecular complexity index is 260. The third-order valence-corrected chi connectivity index (χ3v) is 1.89. The molecule has 0 bridgehead atoms. The summed E-state index contributed by atoms with van der Waals surface area (Å²) in [7, 11) is 0. The van der Waals surface area contributed by atoms with Gasteiger partial charge in [0.05, 0.1) is 6.10 Å². The van der Waals surface area contributed by atoms with Gasteiger partial charge in [0.2, 0.25) is 0 Å². The Labute approximate surface area is 79.7 Å². The van der Waals surface area contributed by atoms with Crippen LogP contribution in [0.25, 0.3) is 0 Å². The van der Waals surface area contributed by atoms with E-state index >= 15 is 0 Å². The van der Waals surface area contributed by atoms with Crippen molar-refractivity contribution in [2.45, 2.75) is 32.8 Å². The molecule has 0 fully saturated rings.